The standard InChI is InChI=1S/C15H16ClN3O3/c1-10-12(16)9-17-19(10)5-4-15(20)18-11-2-3-13-14(8-11)22-7-6-21-13/h2-3,8-9H,4-7H2,1H3,(H,18,20). The number of amides is 1. The molecule has 1 N–H and O–H groups in total. The summed E-state index contributed by atoms with van der Waals surface area (Å²) in [4.78, 5) is 12.0. The molecule has 0 radical (unpaired) electrons. The van der Waals surface area contributed by atoms with E-state index >= 15 is 0 Å². The largest absolute Gasteiger partial charge is 0.486 e. The van der Waals surface area contributed by atoms with Crippen LogP contribution in [0.1, 0.15) is 12.1 Å². The maximum Gasteiger partial charge on any atom is 0.226 e. The molecule has 7 heteroatoms. The van der Waals surface area contributed by atoms with Gasteiger partial charge in [0.05, 0.1) is 23.5 Å². The van der Waals surface area contributed by atoms with Gasteiger partial charge in [0.15, 0.2) is 11.5 Å². The van der Waals surface area contributed by atoms with Crippen LogP contribution in [0.3, 0.4) is 0 Å². The minimum absolute atomic E-state index is 0.0947. The minimum Gasteiger partial charge on any atom is -0.486 e. The van der Waals surface area contributed by atoms with Gasteiger partial charge in [-0.15, -0.1) is 0 Å². The van der Waals surface area contributed by atoms with Crippen LogP contribution in [0.5, 0.6) is 11.5 Å². The second-order valence-electron chi connectivity index (χ2n) is 4.96. The third kappa shape index (κ3) is 3.17. The number of aromatic nitrogens is 2. The number of nitrogens with one attached hydrogen (secondary N) is 1. The van der Waals surface area contributed by atoms with Gasteiger partial charge < -0.3 is 14.8 Å². The number of fused-ring (bicyclic) bond motifs is 1. The van der Waals surface area contributed by atoms with Crippen LogP contribution >= 0.6 is 11.6 Å². The number of benzene rings is 1. The van der Waals surface area contributed by atoms with Gasteiger partial charge in [-0.2, -0.15) is 5.10 Å². The molecule has 1 aliphatic heterocycles. The second kappa shape index (κ2) is 6.27. The first-order chi connectivity index (χ1) is 10.6. The summed E-state index contributed by atoms with van der Waals surface area (Å²) in [5.74, 6) is 1.26. The third-order valence-electron chi connectivity index (χ3n) is 3.42. The van der Waals surface area contributed by atoms with Crippen LogP contribution in [0.2, 0.25) is 5.02 Å². The van der Waals surface area contributed by atoms with E-state index < -0.39 is 0 Å². The van der Waals surface area contributed by atoms with Crippen LogP contribution < -0.4 is 14.8 Å². The average molecular weight is 322 g/mol. The van der Waals surface area contributed by atoms with Gasteiger partial charge in [-0.25, -0.2) is 0 Å². The lowest BCUT2D eigenvalue weighted by Gasteiger charge is -2.19. The van der Waals surface area contributed by atoms with E-state index in [0.717, 1.165) is 5.69 Å². The number of carbonyl (C=O) groups is 1. The molecule has 0 aliphatic carbocycles. The first-order valence-corrected chi connectivity index (χ1v) is 7.38. The second-order valence-corrected chi connectivity index (χ2v) is 5.36. The molecular formula is C15H16ClN3O3. The van der Waals surface area contributed by atoms with Gasteiger partial charge >= 0.3 is 0 Å². The van der Waals surface area contributed by atoms with E-state index in [1.807, 2.05) is 6.92 Å². The number of hydrogen-bond acceptors (Lipinski definition) is 4. The topological polar surface area (TPSA) is 65.4 Å². The monoisotopic (exact) mass is 321 g/mol. The van der Waals surface area contributed by atoms with Crippen LogP contribution in [0.25, 0.3) is 0 Å². The molecule has 0 unspecified atom stereocenters. The van der Waals surface area contributed by atoms with Crippen LogP contribution in [0.15, 0.2) is 24.4 Å². The summed E-state index contributed by atoms with van der Waals surface area (Å²) in [6.45, 7) is 3.41. The lowest BCUT2D eigenvalue weighted by atomic mass is 10.2. The van der Waals surface area contributed by atoms with Crippen molar-refractivity contribution in [2.75, 3.05) is 18.5 Å². The Morgan fingerprint density at radius 3 is 2.86 bits per heavy atom. The van der Waals surface area contributed by atoms with E-state index in [0.29, 0.717) is 48.4 Å². The SMILES string of the molecule is Cc1c(Cl)cnn1CCC(=O)Nc1ccc2c(c1)OCCO2. The number of rotatable bonds is 4. The van der Waals surface area contributed by atoms with E-state index in [4.69, 9.17) is 21.1 Å². The van der Waals surface area contributed by atoms with Crippen molar-refractivity contribution in [2.24, 2.45) is 0 Å². The molecule has 3 rings (SSSR count). The third-order valence-corrected chi connectivity index (χ3v) is 3.79. The first-order valence-electron chi connectivity index (χ1n) is 7.01. The van der Waals surface area contributed by atoms with Gasteiger partial charge in [0.25, 0.3) is 0 Å². The summed E-state index contributed by atoms with van der Waals surface area (Å²) in [5.41, 5.74) is 1.54. The lowest BCUT2D eigenvalue weighted by molar-refractivity contribution is -0.116. The summed E-state index contributed by atoms with van der Waals surface area (Å²) in [6.07, 6.45) is 1.89. The van der Waals surface area contributed by atoms with E-state index in [-0.39, 0.29) is 5.91 Å². The van der Waals surface area contributed by atoms with Crippen molar-refractivity contribution in [1.29, 1.82) is 0 Å². The van der Waals surface area contributed by atoms with Crippen molar-refractivity contribution in [3.63, 3.8) is 0 Å². The van der Waals surface area contributed by atoms with E-state index in [2.05, 4.69) is 10.4 Å². The normalized spacial score (nSPS) is 13.0. The molecule has 0 atom stereocenters. The molecule has 2 aromatic rings. The van der Waals surface area contributed by atoms with Crippen molar-refractivity contribution in [1.82, 2.24) is 9.78 Å². The Labute approximate surface area is 133 Å². The predicted molar refractivity (Wildman–Crippen MR) is 82.7 cm³/mol. The highest BCUT2D eigenvalue weighted by Gasteiger charge is 2.13. The smallest absolute Gasteiger partial charge is 0.226 e. The van der Waals surface area contributed by atoms with Crippen LogP contribution in [-0.2, 0) is 11.3 Å². The molecule has 0 fully saturated rings. The Balaban J connectivity index is 1.58. The molecule has 1 aliphatic rings. The number of hydrogen-bond donors (Lipinski definition) is 1. The lowest BCUT2D eigenvalue weighted by Crippen LogP contribution is -2.17. The zero-order valence-corrected chi connectivity index (χ0v) is 12.9. The first kappa shape index (κ1) is 14.7. The molecular weight excluding hydrogens is 306 g/mol. The van der Waals surface area contributed by atoms with Crippen molar-refractivity contribution in [3.8, 4) is 11.5 Å². The Morgan fingerprint density at radius 2 is 2.14 bits per heavy atom. The number of nitrogens with zero attached hydrogens (tertiary/aromatic N) is 2. The van der Waals surface area contributed by atoms with Gasteiger partial charge in [0, 0.05) is 18.2 Å². The van der Waals surface area contributed by atoms with Crippen molar-refractivity contribution in [2.45, 2.75) is 19.9 Å². The fourth-order valence-electron chi connectivity index (χ4n) is 2.20. The number of aryl methyl sites for hydroxylation is 1. The quantitative estimate of drug-likeness (QED) is 0.940. The van der Waals surface area contributed by atoms with E-state index in [1.54, 1.807) is 29.1 Å². The Hall–Kier alpha value is -2.21. The summed E-state index contributed by atoms with van der Waals surface area (Å²) in [7, 11) is 0. The Bertz CT molecular complexity index is 699. The van der Waals surface area contributed by atoms with Gasteiger partial charge in [-0.3, -0.25) is 9.48 Å². The molecule has 22 heavy (non-hydrogen) atoms. The van der Waals surface area contributed by atoms with Crippen molar-refractivity contribution < 1.29 is 14.3 Å². The molecule has 0 bridgehead atoms. The Kier molecular flexibility index (Phi) is 4.20. The molecule has 2 heterocycles. The summed E-state index contributed by atoms with van der Waals surface area (Å²) >= 11 is 5.93. The fourth-order valence-corrected chi connectivity index (χ4v) is 2.34. The van der Waals surface area contributed by atoms with Gasteiger partial charge in [0.2, 0.25) is 5.91 Å². The van der Waals surface area contributed by atoms with E-state index in [1.165, 1.54) is 0 Å². The van der Waals surface area contributed by atoms with Gasteiger partial charge in [0.1, 0.15) is 13.2 Å². The van der Waals surface area contributed by atoms with Gasteiger partial charge in [-0.05, 0) is 19.1 Å². The number of halogens is 1. The molecule has 0 saturated heterocycles. The molecule has 6 nitrogen and oxygen atoms in total. The maximum atomic E-state index is 12.0. The van der Waals surface area contributed by atoms with Crippen LogP contribution in [-0.4, -0.2) is 28.9 Å². The molecule has 1 amide bonds. The summed E-state index contributed by atoms with van der Waals surface area (Å²) in [5, 5.41) is 7.56. The maximum absolute atomic E-state index is 12.0. The zero-order chi connectivity index (χ0) is 15.5. The number of anilines is 1. The van der Waals surface area contributed by atoms with Crippen molar-refractivity contribution in [3.05, 3.63) is 35.1 Å². The average Bonchev–Trinajstić information content (AvgIpc) is 2.84. The zero-order valence-electron chi connectivity index (χ0n) is 12.1. The number of ether oxygens (including phenoxy) is 2. The molecule has 1 aromatic carbocycles. The minimum atomic E-state index is -0.0947. The highest BCUT2D eigenvalue weighted by Crippen LogP contribution is 2.32. The predicted octanol–water partition coefficient (Wildman–Crippen LogP) is 2.64. The summed E-state index contributed by atoms with van der Waals surface area (Å²) in [6, 6.07) is 5.35. The highest BCUT2D eigenvalue weighted by atomic mass is 35.5. The fraction of sp³-hybridized carbons (Fsp3) is 0.333. The van der Waals surface area contributed by atoms with Gasteiger partial charge in [-0.1, -0.05) is 11.6 Å². The summed E-state index contributed by atoms with van der Waals surface area (Å²) < 4.78 is 12.6. The van der Waals surface area contributed by atoms with Crippen LogP contribution in [0, 0.1) is 6.92 Å². The number of carbonyl (C=O) groups excluding carboxylic acids is 1. The van der Waals surface area contributed by atoms with E-state index in [9.17, 15) is 4.79 Å². The highest BCUT2D eigenvalue weighted by molar-refractivity contribution is 6.31. The van der Waals surface area contributed by atoms with Crippen molar-refractivity contribution >= 4 is 23.2 Å². The Morgan fingerprint density at radius 1 is 1.36 bits per heavy atom. The molecule has 1 aromatic heterocycles. The molecule has 0 spiro atoms. The van der Waals surface area contributed by atoms with Crippen LogP contribution in [0.4, 0.5) is 5.69 Å². The molecule has 0 saturated carbocycles. The molecule has 116 valence electrons.